The van der Waals surface area contributed by atoms with Crippen molar-refractivity contribution in [3.8, 4) is 0 Å². The number of oxazole rings is 1. The highest BCUT2D eigenvalue weighted by Crippen LogP contribution is 2.11. The third kappa shape index (κ3) is 3.17. The summed E-state index contributed by atoms with van der Waals surface area (Å²) in [6.45, 7) is 2.13. The lowest BCUT2D eigenvalue weighted by Gasteiger charge is -2.03. The molecule has 0 atom stereocenters. The molecule has 0 bridgehead atoms. The predicted molar refractivity (Wildman–Crippen MR) is 66.6 cm³/mol. The van der Waals surface area contributed by atoms with Gasteiger partial charge in [-0.1, -0.05) is 22.0 Å². The first-order chi connectivity index (χ1) is 8.15. The van der Waals surface area contributed by atoms with Crippen molar-refractivity contribution in [3.05, 3.63) is 52.1 Å². The molecular weight excluding hydrogens is 284 g/mol. The molecular formula is C12H11BrN2O2. The second-order valence-corrected chi connectivity index (χ2v) is 4.47. The Morgan fingerprint density at radius 1 is 1.53 bits per heavy atom. The summed E-state index contributed by atoms with van der Waals surface area (Å²) in [5.41, 5.74) is 1.32. The molecule has 0 saturated heterocycles. The Balaban J connectivity index is 1.98. The number of halogens is 1. The van der Waals surface area contributed by atoms with Gasteiger partial charge in [-0.3, -0.25) is 4.79 Å². The molecule has 5 heteroatoms. The van der Waals surface area contributed by atoms with E-state index in [0.717, 1.165) is 4.47 Å². The van der Waals surface area contributed by atoms with Crippen LogP contribution in [0.4, 0.5) is 0 Å². The molecule has 0 spiro atoms. The average molecular weight is 295 g/mol. The Hall–Kier alpha value is -1.62. The van der Waals surface area contributed by atoms with E-state index < -0.39 is 0 Å². The van der Waals surface area contributed by atoms with Gasteiger partial charge in [-0.05, 0) is 18.2 Å². The summed E-state index contributed by atoms with van der Waals surface area (Å²) in [7, 11) is 0. The highest BCUT2D eigenvalue weighted by molar-refractivity contribution is 9.10. The lowest BCUT2D eigenvalue weighted by molar-refractivity contribution is 0.0950. The van der Waals surface area contributed by atoms with Crippen LogP contribution >= 0.6 is 15.9 Å². The maximum Gasteiger partial charge on any atom is 0.251 e. The molecule has 1 N–H and O–H groups in total. The first-order valence-electron chi connectivity index (χ1n) is 5.10. The number of hydrogen-bond acceptors (Lipinski definition) is 3. The topological polar surface area (TPSA) is 55.1 Å². The van der Waals surface area contributed by atoms with Crippen molar-refractivity contribution in [1.82, 2.24) is 10.3 Å². The highest BCUT2D eigenvalue weighted by atomic mass is 79.9. The van der Waals surface area contributed by atoms with Gasteiger partial charge in [-0.15, -0.1) is 0 Å². The number of carbonyl (C=O) groups is 1. The molecule has 88 valence electrons. The smallest absolute Gasteiger partial charge is 0.251 e. The number of amides is 1. The number of aromatic nitrogens is 1. The quantitative estimate of drug-likeness (QED) is 0.947. The van der Waals surface area contributed by atoms with Gasteiger partial charge in [0.1, 0.15) is 6.26 Å². The summed E-state index contributed by atoms with van der Waals surface area (Å²) in [6.07, 6.45) is 1.54. The molecule has 0 aliphatic carbocycles. The molecule has 2 aromatic rings. The van der Waals surface area contributed by atoms with Gasteiger partial charge in [0.15, 0.2) is 5.89 Å². The van der Waals surface area contributed by atoms with Crippen molar-refractivity contribution in [1.29, 1.82) is 0 Å². The third-order valence-corrected chi connectivity index (χ3v) is 2.68. The van der Waals surface area contributed by atoms with Crippen LogP contribution in [0.25, 0.3) is 0 Å². The van der Waals surface area contributed by atoms with Gasteiger partial charge in [0, 0.05) is 17.0 Å². The minimum absolute atomic E-state index is 0.132. The van der Waals surface area contributed by atoms with Crippen molar-refractivity contribution >= 4 is 21.8 Å². The minimum Gasteiger partial charge on any atom is -0.449 e. The standard InChI is InChI=1S/C12H11BrN2O2/c1-8-15-11(7-17-8)6-14-12(16)9-3-2-4-10(13)5-9/h2-5,7H,6H2,1H3,(H,14,16). The number of aryl methyl sites for hydroxylation is 1. The van der Waals surface area contributed by atoms with E-state index in [1.807, 2.05) is 12.1 Å². The van der Waals surface area contributed by atoms with Crippen LogP contribution in [0.15, 0.2) is 39.4 Å². The van der Waals surface area contributed by atoms with Crippen LogP contribution in [0.1, 0.15) is 21.9 Å². The van der Waals surface area contributed by atoms with Gasteiger partial charge < -0.3 is 9.73 Å². The molecule has 1 aromatic heterocycles. The molecule has 1 amide bonds. The van der Waals surface area contributed by atoms with Gasteiger partial charge in [0.2, 0.25) is 0 Å². The van der Waals surface area contributed by atoms with Crippen LogP contribution in [0.3, 0.4) is 0 Å². The summed E-state index contributed by atoms with van der Waals surface area (Å²) < 4.78 is 5.93. The molecule has 1 aromatic carbocycles. The summed E-state index contributed by atoms with van der Waals surface area (Å²) in [5, 5.41) is 2.77. The Morgan fingerprint density at radius 3 is 3.00 bits per heavy atom. The molecule has 4 nitrogen and oxygen atoms in total. The molecule has 0 saturated carbocycles. The molecule has 1 heterocycles. The first-order valence-corrected chi connectivity index (χ1v) is 5.89. The van der Waals surface area contributed by atoms with Gasteiger partial charge in [-0.2, -0.15) is 0 Å². The van der Waals surface area contributed by atoms with Crippen LogP contribution in [0.2, 0.25) is 0 Å². The molecule has 17 heavy (non-hydrogen) atoms. The van der Waals surface area contributed by atoms with Crippen molar-refractivity contribution in [2.24, 2.45) is 0 Å². The van der Waals surface area contributed by atoms with E-state index in [4.69, 9.17) is 4.42 Å². The number of nitrogens with zero attached hydrogens (tertiary/aromatic N) is 1. The van der Waals surface area contributed by atoms with Crippen LogP contribution in [-0.4, -0.2) is 10.9 Å². The molecule has 0 unspecified atom stereocenters. The predicted octanol–water partition coefficient (Wildman–Crippen LogP) is 2.68. The van der Waals surface area contributed by atoms with E-state index in [1.165, 1.54) is 6.26 Å². The van der Waals surface area contributed by atoms with E-state index in [0.29, 0.717) is 23.7 Å². The maximum atomic E-state index is 11.8. The molecule has 0 radical (unpaired) electrons. The lowest BCUT2D eigenvalue weighted by Crippen LogP contribution is -2.22. The van der Waals surface area contributed by atoms with Crippen molar-refractivity contribution < 1.29 is 9.21 Å². The van der Waals surface area contributed by atoms with Crippen LogP contribution in [0, 0.1) is 6.92 Å². The van der Waals surface area contributed by atoms with E-state index in [9.17, 15) is 4.79 Å². The van der Waals surface area contributed by atoms with Crippen molar-refractivity contribution in [2.75, 3.05) is 0 Å². The Kier molecular flexibility index (Phi) is 3.58. The number of nitrogens with one attached hydrogen (secondary N) is 1. The summed E-state index contributed by atoms with van der Waals surface area (Å²) in [5.74, 6) is 0.462. The van der Waals surface area contributed by atoms with E-state index >= 15 is 0 Å². The zero-order chi connectivity index (χ0) is 12.3. The zero-order valence-electron chi connectivity index (χ0n) is 9.24. The summed E-state index contributed by atoms with van der Waals surface area (Å²) in [4.78, 5) is 15.9. The summed E-state index contributed by atoms with van der Waals surface area (Å²) in [6, 6.07) is 7.22. The number of benzene rings is 1. The molecule has 0 aliphatic rings. The fourth-order valence-electron chi connectivity index (χ4n) is 1.39. The minimum atomic E-state index is -0.132. The SMILES string of the molecule is Cc1nc(CNC(=O)c2cccc(Br)c2)co1. The van der Waals surface area contributed by atoms with Gasteiger partial charge in [-0.25, -0.2) is 4.98 Å². The summed E-state index contributed by atoms with van der Waals surface area (Å²) >= 11 is 3.32. The van der Waals surface area contributed by atoms with E-state index in [2.05, 4.69) is 26.2 Å². The van der Waals surface area contributed by atoms with Gasteiger partial charge in [0.05, 0.1) is 12.2 Å². The van der Waals surface area contributed by atoms with Gasteiger partial charge >= 0.3 is 0 Å². The Labute approximate surface area is 107 Å². The zero-order valence-corrected chi connectivity index (χ0v) is 10.8. The first kappa shape index (κ1) is 11.9. The second-order valence-electron chi connectivity index (χ2n) is 3.55. The number of carbonyl (C=O) groups excluding carboxylic acids is 1. The fraction of sp³-hybridized carbons (Fsp3) is 0.167. The average Bonchev–Trinajstić information content (AvgIpc) is 2.72. The lowest BCUT2D eigenvalue weighted by atomic mass is 10.2. The van der Waals surface area contributed by atoms with Crippen molar-refractivity contribution in [2.45, 2.75) is 13.5 Å². The Morgan fingerprint density at radius 2 is 2.35 bits per heavy atom. The maximum absolute atomic E-state index is 11.8. The van der Waals surface area contributed by atoms with Crippen LogP contribution < -0.4 is 5.32 Å². The van der Waals surface area contributed by atoms with Crippen molar-refractivity contribution in [3.63, 3.8) is 0 Å². The monoisotopic (exact) mass is 294 g/mol. The number of hydrogen-bond donors (Lipinski definition) is 1. The Bertz CT molecular complexity index is 537. The molecule has 0 fully saturated rings. The van der Waals surface area contributed by atoms with Gasteiger partial charge in [0.25, 0.3) is 5.91 Å². The third-order valence-electron chi connectivity index (χ3n) is 2.18. The fourth-order valence-corrected chi connectivity index (χ4v) is 1.79. The second kappa shape index (κ2) is 5.14. The largest absolute Gasteiger partial charge is 0.449 e. The number of rotatable bonds is 3. The normalized spacial score (nSPS) is 10.2. The van der Waals surface area contributed by atoms with E-state index in [1.54, 1.807) is 19.1 Å². The molecule has 0 aliphatic heterocycles. The highest BCUT2D eigenvalue weighted by Gasteiger charge is 2.06. The van der Waals surface area contributed by atoms with Crippen LogP contribution in [-0.2, 0) is 6.54 Å². The van der Waals surface area contributed by atoms with Crippen LogP contribution in [0.5, 0.6) is 0 Å². The van der Waals surface area contributed by atoms with E-state index in [-0.39, 0.29) is 5.91 Å². The molecule has 2 rings (SSSR count).